The number of nitrogens with one attached hydrogen (secondary N) is 1. The number of imide groups is 1. The third kappa shape index (κ3) is 2.40. The van der Waals surface area contributed by atoms with E-state index in [2.05, 4.69) is 5.32 Å². The van der Waals surface area contributed by atoms with Crippen molar-refractivity contribution in [2.45, 2.75) is 19.8 Å². The maximum absolute atomic E-state index is 11.7. The van der Waals surface area contributed by atoms with E-state index in [0.717, 1.165) is 23.1 Å². The molecule has 0 radical (unpaired) electrons. The highest BCUT2D eigenvalue weighted by Crippen LogP contribution is 2.23. The van der Waals surface area contributed by atoms with E-state index in [1.807, 2.05) is 25.1 Å². The van der Waals surface area contributed by atoms with Crippen molar-refractivity contribution in [3.05, 3.63) is 29.3 Å². The third-order valence-electron chi connectivity index (χ3n) is 2.93. The first-order valence-corrected chi connectivity index (χ1v) is 5.76. The molecule has 0 saturated carbocycles. The quantitative estimate of drug-likeness (QED) is 0.814. The highest BCUT2D eigenvalue weighted by molar-refractivity contribution is 6.05. The summed E-state index contributed by atoms with van der Waals surface area (Å²) in [5.74, 6) is -0.244. The molecule has 1 aliphatic rings. The predicted molar refractivity (Wildman–Crippen MR) is 66.4 cm³/mol. The summed E-state index contributed by atoms with van der Waals surface area (Å²) in [5.41, 5.74) is 2.60. The average Bonchev–Trinajstić information content (AvgIpc) is 2.31. The first-order valence-electron chi connectivity index (χ1n) is 5.76. The molecule has 1 saturated heterocycles. The molecular formula is C13H14N2O3. The van der Waals surface area contributed by atoms with Crippen molar-refractivity contribution < 1.29 is 14.4 Å². The molecule has 5 heteroatoms. The van der Waals surface area contributed by atoms with Crippen molar-refractivity contribution in [1.29, 1.82) is 0 Å². The summed E-state index contributed by atoms with van der Waals surface area (Å²) in [6.45, 7) is 2.27. The molecule has 1 aromatic rings. The smallest absolute Gasteiger partial charge is 0.303 e. The fourth-order valence-corrected chi connectivity index (χ4v) is 2.04. The van der Waals surface area contributed by atoms with Crippen molar-refractivity contribution in [3.63, 3.8) is 0 Å². The van der Waals surface area contributed by atoms with E-state index in [0.29, 0.717) is 19.4 Å². The second-order valence-electron chi connectivity index (χ2n) is 4.25. The van der Waals surface area contributed by atoms with Gasteiger partial charge < -0.3 is 4.79 Å². The largest absolute Gasteiger partial charge is 0.328 e. The fourth-order valence-electron chi connectivity index (χ4n) is 2.04. The van der Waals surface area contributed by atoms with Crippen LogP contribution in [0.1, 0.15) is 17.5 Å². The van der Waals surface area contributed by atoms with Crippen LogP contribution in [0.25, 0.3) is 0 Å². The molecule has 2 rings (SSSR count). The van der Waals surface area contributed by atoms with Crippen LogP contribution in [0.3, 0.4) is 0 Å². The van der Waals surface area contributed by atoms with E-state index in [4.69, 9.17) is 0 Å². The molecule has 1 heterocycles. The molecule has 0 unspecified atom stereocenters. The minimum atomic E-state index is -0.391. The zero-order chi connectivity index (χ0) is 13.1. The summed E-state index contributed by atoms with van der Waals surface area (Å²) >= 11 is 0. The Hall–Kier alpha value is -2.17. The Bertz CT molecular complexity index is 511. The van der Waals surface area contributed by atoms with Gasteiger partial charge in [0.15, 0.2) is 0 Å². The molecule has 0 aromatic heterocycles. The Morgan fingerprint density at radius 3 is 2.78 bits per heavy atom. The number of rotatable bonds is 3. The van der Waals surface area contributed by atoms with E-state index < -0.39 is 6.03 Å². The first kappa shape index (κ1) is 12.3. The van der Waals surface area contributed by atoms with E-state index in [1.165, 1.54) is 0 Å². The Morgan fingerprint density at radius 2 is 2.17 bits per heavy atom. The molecule has 1 N–H and O–H groups in total. The lowest BCUT2D eigenvalue weighted by molar-refractivity contribution is -0.120. The van der Waals surface area contributed by atoms with Crippen molar-refractivity contribution in [1.82, 2.24) is 5.32 Å². The summed E-state index contributed by atoms with van der Waals surface area (Å²) in [7, 11) is 0. The monoisotopic (exact) mass is 246 g/mol. The third-order valence-corrected chi connectivity index (χ3v) is 2.93. The number of aryl methyl sites for hydroxylation is 1. The van der Waals surface area contributed by atoms with Gasteiger partial charge in [0.05, 0.1) is 0 Å². The molecule has 5 nitrogen and oxygen atoms in total. The molecular weight excluding hydrogens is 232 g/mol. The lowest BCUT2D eigenvalue weighted by Gasteiger charge is -2.28. The molecule has 0 bridgehead atoms. The van der Waals surface area contributed by atoms with Crippen molar-refractivity contribution in [2.24, 2.45) is 0 Å². The van der Waals surface area contributed by atoms with Crippen molar-refractivity contribution in [3.8, 4) is 0 Å². The minimum absolute atomic E-state index is 0.244. The second kappa shape index (κ2) is 5.00. The van der Waals surface area contributed by atoms with Crippen LogP contribution in [0.5, 0.6) is 0 Å². The van der Waals surface area contributed by atoms with Crippen molar-refractivity contribution in [2.75, 3.05) is 11.4 Å². The Labute approximate surface area is 105 Å². The maximum Gasteiger partial charge on any atom is 0.328 e. The summed E-state index contributed by atoms with van der Waals surface area (Å²) < 4.78 is 0. The van der Waals surface area contributed by atoms with Gasteiger partial charge in [-0.15, -0.1) is 0 Å². The minimum Gasteiger partial charge on any atom is -0.303 e. The van der Waals surface area contributed by atoms with Gasteiger partial charge in [-0.05, 0) is 24.1 Å². The van der Waals surface area contributed by atoms with Gasteiger partial charge in [-0.1, -0.05) is 12.1 Å². The van der Waals surface area contributed by atoms with Crippen LogP contribution in [0.15, 0.2) is 18.2 Å². The Kier molecular flexibility index (Phi) is 3.41. The molecule has 1 fully saturated rings. The number of hydrogen-bond acceptors (Lipinski definition) is 3. The maximum atomic E-state index is 11.7. The number of carbonyl (C=O) groups excluding carboxylic acids is 3. The van der Waals surface area contributed by atoms with Gasteiger partial charge in [-0.2, -0.15) is 0 Å². The van der Waals surface area contributed by atoms with Crippen LogP contribution < -0.4 is 10.2 Å². The van der Waals surface area contributed by atoms with Gasteiger partial charge in [0.25, 0.3) is 0 Å². The van der Waals surface area contributed by atoms with Gasteiger partial charge >= 0.3 is 6.03 Å². The molecule has 18 heavy (non-hydrogen) atoms. The van der Waals surface area contributed by atoms with Crippen LogP contribution in [0, 0.1) is 6.92 Å². The Morgan fingerprint density at radius 1 is 1.39 bits per heavy atom. The molecule has 0 atom stereocenters. The van der Waals surface area contributed by atoms with Crippen LogP contribution >= 0.6 is 0 Å². The van der Waals surface area contributed by atoms with E-state index in [-0.39, 0.29) is 5.91 Å². The van der Waals surface area contributed by atoms with Crippen LogP contribution in [0.4, 0.5) is 10.5 Å². The van der Waals surface area contributed by atoms with Gasteiger partial charge in [0.2, 0.25) is 5.91 Å². The first-order chi connectivity index (χ1) is 8.61. The average molecular weight is 246 g/mol. The van der Waals surface area contributed by atoms with E-state index in [1.54, 1.807) is 4.90 Å². The number of amides is 3. The fraction of sp³-hybridized carbons (Fsp3) is 0.308. The van der Waals surface area contributed by atoms with E-state index >= 15 is 0 Å². The summed E-state index contributed by atoms with van der Waals surface area (Å²) in [5, 5.41) is 2.29. The molecule has 94 valence electrons. The van der Waals surface area contributed by atoms with Gasteiger partial charge in [-0.25, -0.2) is 4.79 Å². The highest BCUT2D eigenvalue weighted by Gasteiger charge is 2.25. The SMILES string of the molecule is Cc1cc(CC=O)ccc1N1CCC(=O)NC1=O. The molecule has 3 amide bonds. The summed E-state index contributed by atoms with van der Waals surface area (Å²) in [4.78, 5) is 34.8. The van der Waals surface area contributed by atoms with Crippen LogP contribution in [-0.2, 0) is 16.0 Å². The summed E-state index contributed by atoms with van der Waals surface area (Å²) in [6, 6.07) is 5.12. The summed E-state index contributed by atoms with van der Waals surface area (Å²) in [6.07, 6.45) is 1.52. The van der Waals surface area contributed by atoms with Gasteiger partial charge in [0.1, 0.15) is 6.29 Å². The number of benzene rings is 1. The zero-order valence-electron chi connectivity index (χ0n) is 10.1. The number of anilines is 1. The predicted octanol–water partition coefficient (Wildman–Crippen LogP) is 1.18. The molecule has 1 aromatic carbocycles. The molecule has 0 spiro atoms. The normalized spacial score (nSPS) is 15.5. The van der Waals surface area contributed by atoms with Gasteiger partial charge in [0, 0.05) is 25.1 Å². The van der Waals surface area contributed by atoms with Crippen molar-refractivity contribution >= 4 is 23.9 Å². The number of urea groups is 1. The zero-order valence-corrected chi connectivity index (χ0v) is 10.1. The number of carbonyl (C=O) groups is 3. The number of aldehydes is 1. The number of hydrogen-bond donors (Lipinski definition) is 1. The van der Waals surface area contributed by atoms with E-state index in [9.17, 15) is 14.4 Å². The van der Waals surface area contributed by atoms with Crippen LogP contribution in [0.2, 0.25) is 0 Å². The standard InChI is InChI=1S/C13H14N2O3/c1-9-8-10(5-7-16)2-3-11(9)15-6-4-12(17)14-13(15)18/h2-3,7-8H,4-6H2,1H3,(H,14,17,18). The molecule has 0 aliphatic carbocycles. The van der Waals surface area contributed by atoms with Gasteiger partial charge in [-0.3, -0.25) is 15.0 Å². The lowest BCUT2D eigenvalue weighted by Crippen LogP contribution is -2.49. The van der Waals surface area contributed by atoms with Crippen LogP contribution in [-0.4, -0.2) is 24.8 Å². The Balaban J connectivity index is 2.25. The number of nitrogens with zero attached hydrogens (tertiary/aromatic N) is 1. The topological polar surface area (TPSA) is 66.5 Å². The highest BCUT2D eigenvalue weighted by atomic mass is 16.2. The molecule has 1 aliphatic heterocycles. The lowest BCUT2D eigenvalue weighted by atomic mass is 10.1. The second-order valence-corrected chi connectivity index (χ2v) is 4.25.